The minimum atomic E-state index is -0.235. The highest BCUT2D eigenvalue weighted by Gasteiger charge is 2.64. The van der Waals surface area contributed by atoms with Gasteiger partial charge in [-0.15, -0.1) is 0 Å². The fourth-order valence-corrected chi connectivity index (χ4v) is 10.7. The van der Waals surface area contributed by atoms with E-state index in [2.05, 4.69) is 33.0 Å². The van der Waals surface area contributed by atoms with Crippen molar-refractivity contribution in [2.24, 2.45) is 52.3 Å². The molecule has 5 fully saturated rings. The number of carbonyl (C=O) groups excluding carboxylic acids is 1. The molecule has 0 aromatic heterocycles. The maximum absolute atomic E-state index is 12.2. The van der Waals surface area contributed by atoms with Gasteiger partial charge in [-0.1, -0.05) is 47.0 Å². The molecule has 206 valence electrons. The number of carbonyl (C=O) groups is 1. The molecule has 0 saturated heterocycles. The van der Waals surface area contributed by atoms with E-state index >= 15 is 0 Å². The van der Waals surface area contributed by atoms with Gasteiger partial charge in [0.05, 0.1) is 18.8 Å². The quantitative estimate of drug-likeness (QED) is 0.397. The Morgan fingerprint density at radius 2 is 1.67 bits per heavy atom. The Balaban J connectivity index is 1.24. The number of rotatable bonds is 6. The lowest BCUT2D eigenvalue weighted by Gasteiger charge is -2.64. The first-order valence-corrected chi connectivity index (χ1v) is 15.5. The lowest BCUT2D eigenvalue weighted by Crippen LogP contribution is -2.62. The summed E-state index contributed by atoms with van der Waals surface area (Å²) in [6.07, 6.45) is 13.7. The highest BCUT2D eigenvalue weighted by atomic mass is 16.5. The third-order valence-electron chi connectivity index (χ3n) is 12.6. The summed E-state index contributed by atoms with van der Waals surface area (Å²) in [7, 11) is 0. The minimum Gasteiger partial charge on any atom is -0.450 e. The van der Waals surface area contributed by atoms with Crippen LogP contribution in [0.4, 0.5) is 4.79 Å². The second-order valence-corrected chi connectivity index (χ2v) is 14.1. The molecule has 5 nitrogen and oxygen atoms in total. The molecule has 0 radical (unpaired) electrons. The number of ether oxygens (including phenoxy) is 1. The Hall–Kier alpha value is -0.810. The van der Waals surface area contributed by atoms with E-state index in [-0.39, 0.29) is 29.1 Å². The van der Waals surface area contributed by atoms with Crippen molar-refractivity contribution in [2.45, 2.75) is 129 Å². The molecule has 1 amide bonds. The molecule has 5 aliphatic carbocycles. The van der Waals surface area contributed by atoms with Gasteiger partial charge in [-0.2, -0.15) is 0 Å². The molecular weight excluding hydrogens is 450 g/mol. The van der Waals surface area contributed by atoms with Gasteiger partial charge in [0.15, 0.2) is 0 Å². The monoisotopic (exact) mass is 503 g/mol. The van der Waals surface area contributed by atoms with Crippen molar-refractivity contribution in [1.82, 2.24) is 5.32 Å². The zero-order chi connectivity index (χ0) is 25.7. The summed E-state index contributed by atoms with van der Waals surface area (Å²) >= 11 is 0. The highest BCUT2D eigenvalue weighted by Crippen LogP contribution is 2.69. The molecule has 0 aliphatic heterocycles. The Kier molecular flexibility index (Phi) is 7.73. The van der Waals surface area contributed by atoms with E-state index in [1.165, 1.54) is 38.5 Å². The van der Waals surface area contributed by atoms with Gasteiger partial charge in [-0.05, 0) is 116 Å². The molecular formula is C31H53NO4. The average molecular weight is 504 g/mol. The molecule has 0 spiro atoms. The summed E-state index contributed by atoms with van der Waals surface area (Å²) in [6, 6.07) is 0.308. The van der Waals surface area contributed by atoms with Crippen molar-refractivity contribution in [3.63, 3.8) is 0 Å². The summed E-state index contributed by atoms with van der Waals surface area (Å²) in [5, 5.41) is 25.4. The maximum Gasteiger partial charge on any atom is 0.407 e. The minimum absolute atomic E-state index is 0.186. The molecule has 0 aromatic carbocycles. The Morgan fingerprint density at radius 1 is 0.972 bits per heavy atom. The first-order valence-electron chi connectivity index (χ1n) is 15.5. The molecule has 5 aliphatic rings. The Bertz CT molecular complexity index is 783. The number of hydrogen-bond donors (Lipinski definition) is 3. The SMILES string of the molecule is CC[C@H]1[C@@H](O)[C@@H]2C(CC[C@]3(C)[C@@H]([C@H](C)CCOC(=O)NC4CCCC4)CC[C@@H]23)[C@@]2(C)CC[C@@H](O)C[C@@H]12. The van der Waals surface area contributed by atoms with Crippen LogP contribution in [0.1, 0.15) is 111 Å². The van der Waals surface area contributed by atoms with Crippen LogP contribution in [-0.4, -0.2) is 41.2 Å². The molecule has 0 heterocycles. The number of amides is 1. The number of fused-ring (bicyclic) bond motifs is 5. The zero-order valence-corrected chi connectivity index (χ0v) is 23.4. The average Bonchev–Trinajstić information content (AvgIpc) is 3.47. The fraction of sp³-hybridized carbons (Fsp3) is 0.968. The normalized spacial score (nSPS) is 47.5. The summed E-state index contributed by atoms with van der Waals surface area (Å²) in [5.74, 6) is 3.50. The van der Waals surface area contributed by atoms with E-state index in [4.69, 9.17) is 4.74 Å². The molecule has 11 atom stereocenters. The molecule has 1 unspecified atom stereocenters. The van der Waals surface area contributed by atoms with Crippen molar-refractivity contribution in [1.29, 1.82) is 0 Å². The molecule has 5 saturated carbocycles. The lowest BCUT2D eigenvalue weighted by atomic mass is 9.41. The van der Waals surface area contributed by atoms with Crippen LogP contribution in [0.5, 0.6) is 0 Å². The van der Waals surface area contributed by atoms with E-state index in [1.54, 1.807) is 0 Å². The van der Waals surface area contributed by atoms with Crippen LogP contribution in [-0.2, 0) is 4.74 Å². The molecule has 0 bridgehead atoms. The summed E-state index contributed by atoms with van der Waals surface area (Å²) in [6.45, 7) is 10.2. The first kappa shape index (κ1) is 26.8. The third kappa shape index (κ3) is 4.52. The zero-order valence-electron chi connectivity index (χ0n) is 23.4. The summed E-state index contributed by atoms with van der Waals surface area (Å²) in [4.78, 5) is 12.2. The van der Waals surface area contributed by atoms with E-state index in [9.17, 15) is 15.0 Å². The number of aliphatic hydroxyl groups is 2. The van der Waals surface area contributed by atoms with Crippen molar-refractivity contribution >= 4 is 6.09 Å². The van der Waals surface area contributed by atoms with Crippen LogP contribution in [0.25, 0.3) is 0 Å². The van der Waals surface area contributed by atoms with Gasteiger partial charge in [0.25, 0.3) is 0 Å². The maximum atomic E-state index is 12.2. The second-order valence-electron chi connectivity index (χ2n) is 14.1. The first-order chi connectivity index (χ1) is 17.2. The number of aliphatic hydroxyl groups excluding tert-OH is 2. The van der Waals surface area contributed by atoms with Gasteiger partial charge in [0, 0.05) is 6.04 Å². The van der Waals surface area contributed by atoms with Gasteiger partial charge in [-0.25, -0.2) is 4.79 Å². The largest absolute Gasteiger partial charge is 0.450 e. The van der Waals surface area contributed by atoms with Crippen LogP contribution in [0, 0.1) is 52.3 Å². The van der Waals surface area contributed by atoms with Crippen LogP contribution >= 0.6 is 0 Å². The molecule has 36 heavy (non-hydrogen) atoms. The van der Waals surface area contributed by atoms with Crippen LogP contribution in [0.15, 0.2) is 0 Å². The predicted molar refractivity (Wildman–Crippen MR) is 142 cm³/mol. The number of nitrogens with one attached hydrogen (secondary N) is 1. The summed E-state index contributed by atoms with van der Waals surface area (Å²) < 4.78 is 5.61. The van der Waals surface area contributed by atoms with Crippen LogP contribution < -0.4 is 5.32 Å². The van der Waals surface area contributed by atoms with Gasteiger partial charge in [0.2, 0.25) is 0 Å². The number of hydrogen-bond acceptors (Lipinski definition) is 4. The fourth-order valence-electron chi connectivity index (χ4n) is 10.7. The van der Waals surface area contributed by atoms with Crippen molar-refractivity contribution in [2.75, 3.05) is 6.61 Å². The van der Waals surface area contributed by atoms with E-state index in [1.807, 2.05) is 0 Å². The topological polar surface area (TPSA) is 78.8 Å². The predicted octanol–water partition coefficient (Wildman–Crippen LogP) is 6.31. The van der Waals surface area contributed by atoms with Crippen LogP contribution in [0.2, 0.25) is 0 Å². The summed E-state index contributed by atoms with van der Waals surface area (Å²) in [5.41, 5.74) is 0.526. The Morgan fingerprint density at radius 3 is 2.39 bits per heavy atom. The van der Waals surface area contributed by atoms with E-state index < -0.39 is 0 Å². The van der Waals surface area contributed by atoms with Crippen molar-refractivity contribution < 1.29 is 19.7 Å². The standard InChI is InChI=1S/C31H53NO4/c1-5-22-26-18-21(33)12-15-31(26,4)25-13-16-30(3)23(10-11-24(30)27(25)28(22)34)19(2)14-17-36-29(35)32-20-8-6-7-9-20/h19-28,33-34H,5-18H2,1-4H3,(H,32,35)/t19-,21-,22-,23-,24+,25?,26+,27+,28-,30-,31-/m1/s1. The van der Waals surface area contributed by atoms with Crippen LogP contribution in [0.3, 0.4) is 0 Å². The molecule has 0 aromatic rings. The lowest BCUT2D eigenvalue weighted by molar-refractivity contribution is -0.203. The number of alkyl carbamates (subject to hydrolysis) is 1. The molecule has 3 N–H and O–H groups in total. The van der Waals surface area contributed by atoms with Gasteiger partial charge in [0.1, 0.15) is 0 Å². The van der Waals surface area contributed by atoms with Gasteiger partial charge in [-0.3, -0.25) is 0 Å². The van der Waals surface area contributed by atoms with Gasteiger partial charge < -0.3 is 20.3 Å². The van der Waals surface area contributed by atoms with Crippen molar-refractivity contribution in [3.8, 4) is 0 Å². The Labute approximate surface area is 219 Å². The van der Waals surface area contributed by atoms with E-state index in [0.717, 1.165) is 44.9 Å². The van der Waals surface area contributed by atoms with Gasteiger partial charge >= 0.3 is 6.09 Å². The second kappa shape index (κ2) is 10.4. The smallest absolute Gasteiger partial charge is 0.407 e. The van der Waals surface area contributed by atoms with E-state index in [0.29, 0.717) is 54.1 Å². The van der Waals surface area contributed by atoms with Crippen molar-refractivity contribution in [3.05, 3.63) is 0 Å². The third-order valence-corrected chi connectivity index (χ3v) is 12.6. The highest BCUT2D eigenvalue weighted by molar-refractivity contribution is 5.67. The molecule has 5 rings (SSSR count). The molecule has 5 heteroatoms.